The molecule has 0 heterocycles. The van der Waals surface area contributed by atoms with Crippen LogP contribution >= 0.6 is 45.8 Å². The highest BCUT2D eigenvalue weighted by atomic mass is 127. The summed E-state index contributed by atoms with van der Waals surface area (Å²) in [6.45, 7) is -0.424. The zero-order valence-electron chi connectivity index (χ0n) is 11.1. The minimum atomic E-state index is -0.572. The fourth-order valence-electron chi connectivity index (χ4n) is 1.59. The van der Waals surface area contributed by atoms with Crippen molar-refractivity contribution in [3.05, 3.63) is 61.6 Å². The minimum absolute atomic E-state index is 0.293. The van der Waals surface area contributed by atoms with Gasteiger partial charge in [0.2, 0.25) is 0 Å². The summed E-state index contributed by atoms with van der Waals surface area (Å²) in [5.74, 6) is -1.09. The number of hydrogen-bond acceptors (Lipinski definition) is 3. The standard InChI is InChI=1S/C15H10Cl2INO3/c16-11-2-1-3-12(17)14(11)19-13(20)8-22-15(21)9-4-6-10(18)7-5-9/h1-7H,8H2,(H,19,20). The van der Waals surface area contributed by atoms with Crippen LogP contribution in [0.2, 0.25) is 10.0 Å². The Hall–Kier alpha value is -1.31. The molecule has 0 fully saturated rings. The van der Waals surface area contributed by atoms with Gasteiger partial charge in [0, 0.05) is 3.57 Å². The molecular weight excluding hydrogens is 440 g/mol. The summed E-state index contributed by atoms with van der Waals surface area (Å²) >= 11 is 14.0. The molecule has 2 aromatic rings. The average Bonchev–Trinajstić information content (AvgIpc) is 2.49. The number of benzene rings is 2. The van der Waals surface area contributed by atoms with E-state index in [0.29, 0.717) is 21.3 Å². The molecule has 22 heavy (non-hydrogen) atoms. The number of carbonyl (C=O) groups is 2. The molecule has 7 heteroatoms. The number of esters is 1. The molecule has 4 nitrogen and oxygen atoms in total. The normalized spacial score (nSPS) is 10.1. The number of ether oxygens (including phenoxy) is 1. The van der Waals surface area contributed by atoms with Gasteiger partial charge in [-0.15, -0.1) is 0 Å². The quantitative estimate of drug-likeness (QED) is 0.556. The maximum atomic E-state index is 11.8. The Morgan fingerprint density at radius 2 is 1.64 bits per heavy atom. The Morgan fingerprint density at radius 1 is 1.05 bits per heavy atom. The summed E-state index contributed by atoms with van der Waals surface area (Å²) in [4.78, 5) is 23.6. The first-order valence-electron chi connectivity index (χ1n) is 6.14. The van der Waals surface area contributed by atoms with Gasteiger partial charge in [-0.2, -0.15) is 0 Å². The van der Waals surface area contributed by atoms with Gasteiger partial charge in [-0.05, 0) is 59.0 Å². The molecule has 0 aliphatic carbocycles. The number of rotatable bonds is 4. The summed E-state index contributed by atoms with van der Waals surface area (Å²) in [5.41, 5.74) is 0.671. The molecule has 0 saturated heterocycles. The van der Waals surface area contributed by atoms with E-state index >= 15 is 0 Å². The largest absolute Gasteiger partial charge is 0.452 e. The fourth-order valence-corrected chi connectivity index (χ4v) is 2.44. The first kappa shape index (κ1) is 17.1. The van der Waals surface area contributed by atoms with E-state index in [1.807, 2.05) is 0 Å². The Bertz CT molecular complexity index is 684. The molecule has 2 aromatic carbocycles. The monoisotopic (exact) mass is 449 g/mol. The number of anilines is 1. The Labute approximate surface area is 150 Å². The van der Waals surface area contributed by atoms with Crippen LogP contribution in [0.3, 0.4) is 0 Å². The SMILES string of the molecule is O=C(COC(=O)c1ccc(I)cc1)Nc1c(Cl)cccc1Cl. The Kier molecular flexibility index (Phi) is 6.05. The van der Waals surface area contributed by atoms with Crippen LogP contribution in [-0.2, 0) is 9.53 Å². The highest BCUT2D eigenvalue weighted by Crippen LogP contribution is 2.29. The molecule has 1 N–H and O–H groups in total. The Balaban J connectivity index is 1.93. The molecule has 0 unspecified atom stereocenters. The first-order chi connectivity index (χ1) is 10.5. The second kappa shape index (κ2) is 7.80. The van der Waals surface area contributed by atoms with E-state index in [1.54, 1.807) is 42.5 Å². The average molecular weight is 450 g/mol. The lowest BCUT2D eigenvalue weighted by molar-refractivity contribution is -0.119. The van der Waals surface area contributed by atoms with Crippen LogP contribution in [0.5, 0.6) is 0 Å². The second-order valence-electron chi connectivity index (χ2n) is 4.23. The van der Waals surface area contributed by atoms with Crippen molar-refractivity contribution in [2.24, 2.45) is 0 Å². The molecule has 1 amide bonds. The summed E-state index contributed by atoms with van der Waals surface area (Å²) in [7, 11) is 0. The van der Waals surface area contributed by atoms with Crippen molar-refractivity contribution in [3.8, 4) is 0 Å². The van der Waals surface area contributed by atoms with Crippen LogP contribution in [0, 0.1) is 3.57 Å². The van der Waals surface area contributed by atoms with Crippen LogP contribution in [0.15, 0.2) is 42.5 Å². The van der Waals surface area contributed by atoms with E-state index in [0.717, 1.165) is 3.57 Å². The summed E-state index contributed by atoms with van der Waals surface area (Å²) in [6.07, 6.45) is 0. The summed E-state index contributed by atoms with van der Waals surface area (Å²) < 4.78 is 5.94. The van der Waals surface area contributed by atoms with E-state index in [9.17, 15) is 9.59 Å². The van der Waals surface area contributed by atoms with E-state index in [4.69, 9.17) is 27.9 Å². The lowest BCUT2D eigenvalue weighted by atomic mass is 10.2. The lowest BCUT2D eigenvalue weighted by Gasteiger charge is -2.09. The topological polar surface area (TPSA) is 55.4 Å². The molecule has 0 aliphatic heterocycles. The van der Waals surface area contributed by atoms with Crippen molar-refractivity contribution in [2.75, 3.05) is 11.9 Å². The molecule has 0 bridgehead atoms. The molecule has 2 rings (SSSR count). The number of hydrogen-bond donors (Lipinski definition) is 1. The Morgan fingerprint density at radius 3 is 2.23 bits per heavy atom. The third-order valence-corrected chi connectivity index (χ3v) is 3.99. The van der Waals surface area contributed by atoms with Gasteiger partial charge in [0.1, 0.15) is 0 Å². The fraction of sp³-hybridized carbons (Fsp3) is 0.0667. The minimum Gasteiger partial charge on any atom is -0.452 e. The number of para-hydroxylation sites is 1. The van der Waals surface area contributed by atoms with Gasteiger partial charge < -0.3 is 10.1 Å². The van der Waals surface area contributed by atoms with Gasteiger partial charge in [-0.1, -0.05) is 29.3 Å². The van der Waals surface area contributed by atoms with Crippen molar-refractivity contribution in [3.63, 3.8) is 0 Å². The van der Waals surface area contributed by atoms with Crippen molar-refractivity contribution in [1.82, 2.24) is 0 Å². The van der Waals surface area contributed by atoms with Gasteiger partial charge >= 0.3 is 5.97 Å². The molecule has 0 aromatic heterocycles. The molecule has 0 atom stereocenters. The van der Waals surface area contributed by atoms with E-state index in [2.05, 4.69) is 27.9 Å². The maximum absolute atomic E-state index is 11.8. The summed E-state index contributed by atoms with van der Waals surface area (Å²) in [6, 6.07) is 11.7. The van der Waals surface area contributed by atoms with Crippen LogP contribution in [0.1, 0.15) is 10.4 Å². The number of amides is 1. The molecule has 0 saturated carbocycles. The van der Waals surface area contributed by atoms with E-state index in [1.165, 1.54) is 0 Å². The molecular formula is C15H10Cl2INO3. The highest BCUT2D eigenvalue weighted by molar-refractivity contribution is 14.1. The summed E-state index contributed by atoms with van der Waals surface area (Å²) in [5, 5.41) is 3.13. The molecule has 0 spiro atoms. The van der Waals surface area contributed by atoms with Gasteiger partial charge in [0.15, 0.2) is 6.61 Å². The van der Waals surface area contributed by atoms with E-state index < -0.39 is 18.5 Å². The third kappa shape index (κ3) is 4.59. The van der Waals surface area contributed by atoms with Crippen molar-refractivity contribution >= 4 is 63.4 Å². The van der Waals surface area contributed by atoms with Gasteiger partial charge in [-0.3, -0.25) is 4.79 Å². The first-order valence-corrected chi connectivity index (χ1v) is 7.97. The van der Waals surface area contributed by atoms with Crippen LogP contribution in [-0.4, -0.2) is 18.5 Å². The van der Waals surface area contributed by atoms with Gasteiger partial charge in [0.05, 0.1) is 21.3 Å². The molecule has 0 radical (unpaired) electrons. The van der Waals surface area contributed by atoms with Crippen LogP contribution in [0.4, 0.5) is 5.69 Å². The number of halogens is 3. The predicted octanol–water partition coefficient (Wildman–Crippen LogP) is 4.39. The zero-order valence-corrected chi connectivity index (χ0v) is 14.8. The van der Waals surface area contributed by atoms with Crippen molar-refractivity contribution < 1.29 is 14.3 Å². The lowest BCUT2D eigenvalue weighted by Crippen LogP contribution is -2.21. The van der Waals surface area contributed by atoms with Crippen molar-refractivity contribution in [2.45, 2.75) is 0 Å². The maximum Gasteiger partial charge on any atom is 0.338 e. The number of carbonyl (C=O) groups excluding carboxylic acids is 2. The van der Waals surface area contributed by atoms with Crippen molar-refractivity contribution in [1.29, 1.82) is 0 Å². The number of nitrogens with one attached hydrogen (secondary N) is 1. The van der Waals surface area contributed by atoms with Gasteiger partial charge in [0.25, 0.3) is 5.91 Å². The molecule has 114 valence electrons. The third-order valence-electron chi connectivity index (χ3n) is 2.64. The van der Waals surface area contributed by atoms with Gasteiger partial charge in [-0.25, -0.2) is 4.79 Å². The smallest absolute Gasteiger partial charge is 0.338 e. The predicted molar refractivity (Wildman–Crippen MR) is 94.5 cm³/mol. The molecule has 0 aliphatic rings. The van der Waals surface area contributed by atoms with E-state index in [-0.39, 0.29) is 0 Å². The highest BCUT2D eigenvalue weighted by Gasteiger charge is 2.13. The zero-order chi connectivity index (χ0) is 16.1. The van der Waals surface area contributed by atoms with Crippen LogP contribution < -0.4 is 5.32 Å². The van der Waals surface area contributed by atoms with Crippen LogP contribution in [0.25, 0.3) is 0 Å². The second-order valence-corrected chi connectivity index (χ2v) is 6.29.